The molecule has 12 nitrogen and oxygen atoms in total. The Bertz CT molecular complexity index is 2390. The molecule has 1 saturated carbocycles. The van der Waals surface area contributed by atoms with Crippen molar-refractivity contribution in [3.63, 3.8) is 0 Å². The molecule has 60 heavy (non-hydrogen) atoms. The van der Waals surface area contributed by atoms with Crippen LogP contribution in [0.5, 0.6) is 0 Å². The van der Waals surface area contributed by atoms with Crippen LogP contribution in [0.3, 0.4) is 0 Å². The Hall–Kier alpha value is -5.23. The molecule has 1 spiro atoms. The Labute approximate surface area is 352 Å². The van der Waals surface area contributed by atoms with Crippen molar-refractivity contribution in [2.24, 2.45) is 29.1 Å². The van der Waals surface area contributed by atoms with Gasteiger partial charge in [-0.2, -0.15) is 0 Å². The molecule has 5 aromatic rings. The molecule has 3 amide bonds. The number of nitrogens with zero attached hydrogens (tertiary/aromatic N) is 4. The molecule has 3 N–H and O–H groups in total. The van der Waals surface area contributed by atoms with Gasteiger partial charge in [0.2, 0.25) is 11.8 Å². The summed E-state index contributed by atoms with van der Waals surface area (Å²) in [4.78, 5) is 61.6. The van der Waals surface area contributed by atoms with E-state index in [-0.39, 0.29) is 53.1 Å². The highest BCUT2D eigenvalue weighted by molar-refractivity contribution is 6.05. The fourth-order valence-electron chi connectivity index (χ4n) is 10.6. The van der Waals surface area contributed by atoms with Gasteiger partial charge in [0.15, 0.2) is 0 Å². The van der Waals surface area contributed by atoms with Gasteiger partial charge in [0.05, 0.1) is 48.7 Å². The van der Waals surface area contributed by atoms with Gasteiger partial charge in [0.25, 0.3) is 0 Å². The third-order valence-corrected chi connectivity index (χ3v) is 14.3. The molecule has 316 valence electrons. The number of likely N-dealkylation sites (tertiary alicyclic amines) is 2. The fourth-order valence-corrected chi connectivity index (χ4v) is 10.6. The van der Waals surface area contributed by atoms with E-state index in [4.69, 9.17) is 19.4 Å². The number of hydrogen-bond acceptors (Lipinski definition) is 7. The molecular formula is C48H59N7O5. The van der Waals surface area contributed by atoms with Crippen molar-refractivity contribution in [3.05, 3.63) is 72.4 Å². The van der Waals surface area contributed by atoms with Crippen molar-refractivity contribution in [2.75, 3.05) is 26.9 Å². The predicted molar refractivity (Wildman–Crippen MR) is 232 cm³/mol. The smallest absolute Gasteiger partial charge is 0.407 e. The molecule has 12 heteroatoms. The Balaban J connectivity index is 0.947. The molecule has 3 aliphatic heterocycles. The second-order valence-electron chi connectivity index (χ2n) is 18.8. The maximum Gasteiger partial charge on any atom is 0.407 e. The van der Waals surface area contributed by atoms with Crippen LogP contribution in [0.15, 0.2) is 60.8 Å². The number of benzene rings is 3. The van der Waals surface area contributed by atoms with Crippen molar-refractivity contribution in [1.29, 1.82) is 0 Å². The number of rotatable bonds is 9. The lowest BCUT2D eigenvalue weighted by atomic mass is 9.80. The van der Waals surface area contributed by atoms with E-state index in [0.717, 1.165) is 107 Å². The van der Waals surface area contributed by atoms with Crippen molar-refractivity contribution < 1.29 is 23.9 Å². The third-order valence-electron chi connectivity index (χ3n) is 14.3. The number of ether oxygens (including phenoxy) is 2. The van der Waals surface area contributed by atoms with E-state index in [1.165, 1.54) is 7.11 Å². The fraction of sp³-hybridized carbons (Fsp3) is 0.521. The van der Waals surface area contributed by atoms with Gasteiger partial charge < -0.3 is 34.6 Å². The Morgan fingerprint density at radius 1 is 0.883 bits per heavy atom. The van der Waals surface area contributed by atoms with E-state index in [2.05, 4.69) is 88.6 Å². The van der Waals surface area contributed by atoms with Gasteiger partial charge in [-0.25, -0.2) is 14.8 Å². The number of hydrogen-bond donors (Lipinski definition) is 3. The van der Waals surface area contributed by atoms with Crippen molar-refractivity contribution in [2.45, 2.75) is 104 Å². The standard InChI is InChI=1S/C48H59N7O5/c1-27(2)29(5)45(56)54-25-48(19-8-20-60-26-48)23-40(54)44-50-36-18-16-33-21-32(15-17-35(33)42(36)52-44)30-11-13-31(14-12-30)37-24-49-43(51-37)39-22-34-9-7-10-38(34)55(39)46(57)41(28(3)4)53-47(58)59-6/h11-18,21,24,27-29,34,38-41H,7-10,19-20,22-23,25-26H2,1-6H3,(H,49,51)(H,50,52)(H,53,58)/t29-,34-,38-,39-,40-,41-,48-/m0/s1. The molecule has 0 unspecified atom stereocenters. The minimum absolute atomic E-state index is 0.0276. The number of carbonyl (C=O) groups excluding carboxylic acids is 3. The molecule has 7 atom stereocenters. The highest BCUT2D eigenvalue weighted by atomic mass is 16.5. The summed E-state index contributed by atoms with van der Waals surface area (Å²) in [5, 5.41) is 4.97. The van der Waals surface area contributed by atoms with Crippen LogP contribution in [-0.4, -0.2) is 86.6 Å². The van der Waals surface area contributed by atoms with Crippen LogP contribution in [0.25, 0.3) is 44.2 Å². The molecule has 3 aromatic carbocycles. The highest BCUT2D eigenvalue weighted by Gasteiger charge is 2.50. The molecule has 0 radical (unpaired) electrons. The zero-order valence-electron chi connectivity index (χ0n) is 35.8. The van der Waals surface area contributed by atoms with E-state index in [1.54, 1.807) is 0 Å². The van der Waals surface area contributed by atoms with Crippen LogP contribution >= 0.6 is 0 Å². The van der Waals surface area contributed by atoms with Gasteiger partial charge in [-0.15, -0.1) is 0 Å². The first-order chi connectivity index (χ1) is 28.9. The number of alkyl carbamates (subject to hydrolysis) is 1. The topological polar surface area (TPSA) is 146 Å². The van der Waals surface area contributed by atoms with Crippen LogP contribution < -0.4 is 5.32 Å². The summed E-state index contributed by atoms with van der Waals surface area (Å²) in [5.74, 6) is 2.27. The van der Waals surface area contributed by atoms with Gasteiger partial charge in [0.1, 0.15) is 17.7 Å². The van der Waals surface area contributed by atoms with E-state index >= 15 is 0 Å². The monoisotopic (exact) mass is 813 g/mol. The zero-order chi connectivity index (χ0) is 41.9. The summed E-state index contributed by atoms with van der Waals surface area (Å²) in [6.45, 7) is 12.4. The number of H-pyrrole nitrogens is 2. The molecule has 3 saturated heterocycles. The summed E-state index contributed by atoms with van der Waals surface area (Å²) < 4.78 is 10.9. The first kappa shape index (κ1) is 40.2. The van der Waals surface area contributed by atoms with Crippen LogP contribution in [-0.2, 0) is 19.1 Å². The van der Waals surface area contributed by atoms with Gasteiger partial charge in [-0.05, 0) is 90.5 Å². The average Bonchev–Trinajstić information content (AvgIpc) is 4.10. The number of methoxy groups -OCH3 is 1. The molecule has 9 rings (SSSR count). The number of nitrogens with one attached hydrogen (secondary N) is 3. The maximum absolute atomic E-state index is 14.1. The van der Waals surface area contributed by atoms with E-state index in [9.17, 15) is 14.4 Å². The summed E-state index contributed by atoms with van der Waals surface area (Å²) in [6.07, 6.45) is 8.22. The highest BCUT2D eigenvalue weighted by Crippen LogP contribution is 2.49. The number of amides is 3. The van der Waals surface area contributed by atoms with Crippen LogP contribution in [0, 0.1) is 29.1 Å². The first-order valence-electron chi connectivity index (χ1n) is 22.1. The Morgan fingerprint density at radius 3 is 2.40 bits per heavy atom. The van der Waals surface area contributed by atoms with Crippen molar-refractivity contribution >= 4 is 39.7 Å². The molecule has 2 aromatic heterocycles. The zero-order valence-corrected chi connectivity index (χ0v) is 35.8. The van der Waals surface area contributed by atoms with E-state index < -0.39 is 12.1 Å². The summed E-state index contributed by atoms with van der Waals surface area (Å²) in [5.41, 5.74) is 5.99. The lowest BCUT2D eigenvalue weighted by Crippen LogP contribution is -2.53. The normalized spacial score (nSPS) is 25.1. The lowest BCUT2D eigenvalue weighted by Gasteiger charge is -2.33. The number of carbonyl (C=O) groups is 3. The summed E-state index contributed by atoms with van der Waals surface area (Å²) in [6, 6.07) is 18.5. The van der Waals surface area contributed by atoms with E-state index in [1.807, 2.05) is 31.9 Å². The minimum Gasteiger partial charge on any atom is -0.453 e. The number of aromatic nitrogens is 4. The van der Waals surface area contributed by atoms with Crippen molar-refractivity contribution in [1.82, 2.24) is 35.1 Å². The Morgan fingerprint density at radius 2 is 1.67 bits per heavy atom. The molecule has 5 heterocycles. The molecular weight excluding hydrogens is 755 g/mol. The lowest BCUT2D eigenvalue weighted by molar-refractivity contribution is -0.138. The minimum atomic E-state index is -0.679. The summed E-state index contributed by atoms with van der Waals surface area (Å²) >= 11 is 0. The van der Waals surface area contributed by atoms with Gasteiger partial charge in [-0.3, -0.25) is 9.59 Å². The largest absolute Gasteiger partial charge is 0.453 e. The third kappa shape index (κ3) is 7.24. The molecule has 0 bridgehead atoms. The van der Waals surface area contributed by atoms with Gasteiger partial charge >= 0.3 is 6.09 Å². The average molecular weight is 814 g/mol. The number of fused-ring (bicyclic) bond motifs is 4. The molecule has 1 aliphatic carbocycles. The second-order valence-corrected chi connectivity index (χ2v) is 18.8. The summed E-state index contributed by atoms with van der Waals surface area (Å²) in [7, 11) is 1.32. The molecule has 4 aliphatic rings. The van der Waals surface area contributed by atoms with Gasteiger partial charge in [0, 0.05) is 35.9 Å². The van der Waals surface area contributed by atoms with Crippen LogP contribution in [0.2, 0.25) is 0 Å². The van der Waals surface area contributed by atoms with E-state index in [0.29, 0.717) is 19.1 Å². The van der Waals surface area contributed by atoms with Crippen LogP contribution in [0.4, 0.5) is 4.79 Å². The first-order valence-corrected chi connectivity index (χ1v) is 22.1. The SMILES string of the molecule is COC(=O)N[C@H](C(=O)N1[C@H](c2ncc(-c3ccc(-c4ccc5c(ccc6[nH]c([C@@H]7C[C@@]8(CCCOC8)CN7C(=O)[C@@H](C)C(C)C)nc65)c4)cc3)[nH]2)C[C@@H]2CCC[C@@H]21)C(C)C. The number of aromatic amines is 2. The number of imidazole rings is 2. The Kier molecular flexibility index (Phi) is 10.7. The second kappa shape index (κ2) is 16.0. The van der Waals surface area contributed by atoms with Crippen molar-refractivity contribution in [3.8, 4) is 22.4 Å². The quantitative estimate of drug-likeness (QED) is 0.135. The van der Waals surface area contributed by atoms with Gasteiger partial charge in [-0.1, -0.05) is 83.5 Å². The maximum atomic E-state index is 14.1. The van der Waals surface area contributed by atoms with Crippen LogP contribution in [0.1, 0.15) is 103 Å². The predicted octanol–water partition coefficient (Wildman–Crippen LogP) is 8.96. The molecule has 4 fully saturated rings.